The summed E-state index contributed by atoms with van der Waals surface area (Å²) in [5, 5.41) is 14.1. The number of hydrogen-bond acceptors (Lipinski definition) is 6. The van der Waals surface area contributed by atoms with E-state index in [1.165, 1.54) is 24.1 Å². The fourth-order valence-electron chi connectivity index (χ4n) is 4.56. The van der Waals surface area contributed by atoms with Gasteiger partial charge in [-0.25, -0.2) is 4.68 Å². The lowest BCUT2D eigenvalue weighted by molar-refractivity contribution is 0.301. The van der Waals surface area contributed by atoms with Gasteiger partial charge < -0.3 is 4.74 Å². The number of halogens is 1. The summed E-state index contributed by atoms with van der Waals surface area (Å²) in [5.41, 5.74) is 10.6. The molecule has 0 fully saturated rings. The molecule has 7 nitrogen and oxygen atoms in total. The average Bonchev–Trinajstić information content (AvgIpc) is 3.42. The number of aromatic nitrogens is 4. The normalized spacial score (nSPS) is 13.1. The molecule has 6 rings (SSSR count). The topological polar surface area (TPSA) is 77.2 Å². The van der Waals surface area contributed by atoms with Gasteiger partial charge in [-0.05, 0) is 91.4 Å². The summed E-state index contributed by atoms with van der Waals surface area (Å²) in [7, 11) is 0. The molecule has 1 aliphatic carbocycles. The first kappa shape index (κ1) is 23.4. The molecule has 3 aromatic carbocycles. The molecule has 0 atom stereocenters. The summed E-state index contributed by atoms with van der Waals surface area (Å²) in [5.74, 6) is 0.762. The fraction of sp³-hybridized carbons (Fsp3) is 0.172. The number of nitrogens with zero attached hydrogens (tertiary/aromatic N) is 5. The maximum atomic E-state index is 5.91. The van der Waals surface area contributed by atoms with Crippen LogP contribution in [0.3, 0.4) is 0 Å². The molecule has 0 saturated carbocycles. The molecule has 2 aromatic heterocycles. The monoisotopic (exact) mass is 552 g/mol. The first-order valence-corrected chi connectivity index (χ1v) is 13.1. The highest BCUT2D eigenvalue weighted by Gasteiger charge is 2.17. The Labute approximate surface area is 223 Å². The second kappa shape index (κ2) is 10.5. The van der Waals surface area contributed by atoms with E-state index in [0.717, 1.165) is 56.6 Å². The van der Waals surface area contributed by atoms with Gasteiger partial charge in [-0.2, -0.15) is 5.10 Å². The molecule has 1 aliphatic rings. The lowest BCUT2D eigenvalue weighted by Crippen LogP contribution is -2.09. The van der Waals surface area contributed by atoms with Gasteiger partial charge in [-0.3, -0.25) is 10.4 Å². The molecular weight excluding hydrogens is 528 g/mol. The van der Waals surface area contributed by atoms with Crippen molar-refractivity contribution in [3.63, 3.8) is 0 Å². The van der Waals surface area contributed by atoms with Crippen LogP contribution in [-0.2, 0) is 19.4 Å². The minimum atomic E-state index is 0.339. The Hall–Kier alpha value is -4.04. The van der Waals surface area contributed by atoms with Gasteiger partial charge in [-0.15, -0.1) is 5.10 Å². The lowest BCUT2D eigenvalue weighted by atomic mass is 9.93. The van der Waals surface area contributed by atoms with E-state index in [0.29, 0.717) is 6.61 Å². The van der Waals surface area contributed by atoms with Crippen molar-refractivity contribution in [1.29, 1.82) is 0 Å². The second-order valence-corrected chi connectivity index (χ2v) is 9.91. The summed E-state index contributed by atoms with van der Waals surface area (Å²) in [6.45, 7) is 0.339. The largest absolute Gasteiger partial charge is 0.487 e. The highest BCUT2D eigenvalue weighted by Crippen LogP contribution is 2.33. The van der Waals surface area contributed by atoms with Crippen LogP contribution < -0.4 is 10.2 Å². The summed E-state index contributed by atoms with van der Waals surface area (Å²) in [6.07, 6.45) is 8.15. The number of fused-ring (bicyclic) bond motifs is 2. The molecule has 0 bridgehead atoms. The molecule has 5 aromatic rings. The van der Waals surface area contributed by atoms with Crippen molar-refractivity contribution in [2.75, 3.05) is 5.43 Å². The molecule has 2 heterocycles. The number of hydrogen-bond donors (Lipinski definition) is 1. The van der Waals surface area contributed by atoms with E-state index >= 15 is 0 Å². The SMILES string of the molecule is Brc1ccc(-n2cc(COc3ccc(/C=N/Nc4c5c(nc6ccccc46)CCCC5)cc3)nn2)cc1. The number of nitrogens with one attached hydrogen (secondary N) is 1. The van der Waals surface area contributed by atoms with Crippen LogP contribution in [0, 0.1) is 0 Å². The Morgan fingerprint density at radius 3 is 2.65 bits per heavy atom. The lowest BCUT2D eigenvalue weighted by Gasteiger charge is -2.20. The molecule has 184 valence electrons. The Morgan fingerprint density at radius 1 is 0.973 bits per heavy atom. The average molecular weight is 553 g/mol. The highest BCUT2D eigenvalue weighted by atomic mass is 79.9. The molecule has 37 heavy (non-hydrogen) atoms. The Morgan fingerprint density at radius 2 is 1.78 bits per heavy atom. The fourth-order valence-corrected chi connectivity index (χ4v) is 4.83. The molecular formula is C29H25BrN6O. The van der Waals surface area contributed by atoms with Gasteiger partial charge in [0.05, 0.1) is 29.3 Å². The van der Waals surface area contributed by atoms with E-state index in [1.54, 1.807) is 4.68 Å². The van der Waals surface area contributed by atoms with Crippen molar-refractivity contribution in [3.05, 3.63) is 106 Å². The summed E-state index contributed by atoms with van der Waals surface area (Å²) < 4.78 is 8.67. The molecule has 0 radical (unpaired) electrons. The van der Waals surface area contributed by atoms with Crippen LogP contribution >= 0.6 is 15.9 Å². The predicted molar refractivity (Wildman–Crippen MR) is 149 cm³/mol. The van der Waals surface area contributed by atoms with E-state index in [-0.39, 0.29) is 0 Å². The van der Waals surface area contributed by atoms with Crippen LogP contribution in [-0.4, -0.2) is 26.2 Å². The predicted octanol–water partition coefficient (Wildman–Crippen LogP) is 6.48. The number of aryl methyl sites for hydroxylation is 1. The Balaban J connectivity index is 1.10. The molecule has 1 N–H and O–H groups in total. The van der Waals surface area contributed by atoms with Crippen molar-refractivity contribution in [2.45, 2.75) is 32.3 Å². The van der Waals surface area contributed by atoms with Crippen molar-refractivity contribution >= 4 is 38.7 Å². The minimum absolute atomic E-state index is 0.339. The standard InChI is InChI=1S/C29H25BrN6O/c30-21-11-13-23(14-12-21)36-18-22(33-35-36)19-37-24-15-9-20(10-16-24)17-31-34-29-25-5-1-3-7-27(25)32-28-8-4-2-6-26(28)29/h1,3,5,7,9-18H,2,4,6,8,19H2,(H,32,34)/b31-17+. The van der Waals surface area contributed by atoms with Crippen molar-refractivity contribution in [2.24, 2.45) is 5.10 Å². The van der Waals surface area contributed by atoms with E-state index in [9.17, 15) is 0 Å². The first-order chi connectivity index (χ1) is 18.2. The zero-order valence-corrected chi connectivity index (χ0v) is 21.7. The number of benzene rings is 3. The zero-order valence-electron chi connectivity index (χ0n) is 20.1. The number of pyridine rings is 1. The first-order valence-electron chi connectivity index (χ1n) is 12.3. The number of ether oxygens (including phenoxy) is 1. The van der Waals surface area contributed by atoms with Crippen molar-refractivity contribution in [1.82, 2.24) is 20.0 Å². The number of hydrazone groups is 1. The third kappa shape index (κ3) is 5.24. The number of rotatable bonds is 7. The Bertz CT molecular complexity index is 1560. The molecule has 0 unspecified atom stereocenters. The van der Waals surface area contributed by atoms with Gasteiger partial charge >= 0.3 is 0 Å². The van der Waals surface area contributed by atoms with E-state index in [2.05, 4.69) is 48.9 Å². The van der Waals surface area contributed by atoms with Crippen molar-refractivity contribution in [3.8, 4) is 11.4 Å². The number of anilines is 1. The smallest absolute Gasteiger partial charge is 0.134 e. The highest BCUT2D eigenvalue weighted by molar-refractivity contribution is 9.10. The van der Waals surface area contributed by atoms with Crippen LogP contribution in [0.5, 0.6) is 5.75 Å². The summed E-state index contributed by atoms with van der Waals surface area (Å²) >= 11 is 3.45. The van der Waals surface area contributed by atoms with Crippen LogP contribution in [0.1, 0.15) is 35.4 Å². The molecule has 0 spiro atoms. The molecule has 8 heteroatoms. The Kier molecular flexibility index (Phi) is 6.64. The van der Waals surface area contributed by atoms with Crippen LogP contribution in [0.4, 0.5) is 5.69 Å². The summed E-state index contributed by atoms with van der Waals surface area (Å²) in [6, 6.07) is 24.0. The van der Waals surface area contributed by atoms with Crippen molar-refractivity contribution < 1.29 is 4.74 Å². The van der Waals surface area contributed by atoms with E-state index in [1.807, 2.05) is 73.1 Å². The molecule has 0 amide bonds. The third-order valence-electron chi connectivity index (χ3n) is 6.46. The minimum Gasteiger partial charge on any atom is -0.487 e. The second-order valence-electron chi connectivity index (χ2n) is 8.99. The van der Waals surface area contributed by atoms with Gasteiger partial charge in [-0.1, -0.05) is 39.3 Å². The maximum Gasteiger partial charge on any atom is 0.134 e. The van der Waals surface area contributed by atoms with Gasteiger partial charge in [0.25, 0.3) is 0 Å². The van der Waals surface area contributed by atoms with Gasteiger partial charge in [0, 0.05) is 15.6 Å². The van der Waals surface area contributed by atoms with Crippen LogP contribution in [0.25, 0.3) is 16.6 Å². The summed E-state index contributed by atoms with van der Waals surface area (Å²) in [4.78, 5) is 4.89. The van der Waals surface area contributed by atoms with Gasteiger partial charge in [0.1, 0.15) is 18.1 Å². The van der Waals surface area contributed by atoms with Gasteiger partial charge in [0.2, 0.25) is 0 Å². The quantitative estimate of drug-likeness (QED) is 0.184. The number of para-hydroxylation sites is 1. The third-order valence-corrected chi connectivity index (χ3v) is 6.99. The maximum absolute atomic E-state index is 5.91. The molecule has 0 saturated heterocycles. The van der Waals surface area contributed by atoms with Crippen LogP contribution in [0.2, 0.25) is 0 Å². The van der Waals surface area contributed by atoms with Gasteiger partial charge in [0.15, 0.2) is 0 Å². The molecule has 0 aliphatic heterocycles. The van der Waals surface area contributed by atoms with Crippen LogP contribution in [0.15, 0.2) is 88.6 Å². The van der Waals surface area contributed by atoms with E-state index < -0.39 is 0 Å². The zero-order chi connectivity index (χ0) is 25.0. The van der Waals surface area contributed by atoms with E-state index in [4.69, 9.17) is 9.72 Å².